The quantitative estimate of drug-likeness (QED) is 0.641. The third kappa shape index (κ3) is 4.76. The van der Waals surface area contributed by atoms with Crippen molar-refractivity contribution in [2.24, 2.45) is 0 Å². The first-order valence-corrected chi connectivity index (χ1v) is 10.1. The van der Waals surface area contributed by atoms with Gasteiger partial charge in [-0.25, -0.2) is 13.1 Å². The van der Waals surface area contributed by atoms with E-state index in [1.54, 1.807) is 24.3 Å². The summed E-state index contributed by atoms with van der Waals surface area (Å²) in [7, 11) is -2.50. The van der Waals surface area contributed by atoms with Crippen LogP contribution in [0.25, 0.3) is 0 Å². The fraction of sp³-hybridized carbons (Fsp3) is 0.0952. The van der Waals surface area contributed by atoms with E-state index in [0.29, 0.717) is 5.69 Å². The number of methoxy groups -OCH3 is 1. The van der Waals surface area contributed by atoms with Gasteiger partial charge in [-0.1, -0.05) is 48.5 Å². The normalized spacial score (nSPS) is 11.0. The zero-order valence-corrected chi connectivity index (χ0v) is 16.1. The minimum absolute atomic E-state index is 0.0911. The van der Waals surface area contributed by atoms with Crippen molar-refractivity contribution in [1.82, 2.24) is 4.72 Å². The largest absolute Gasteiger partial charge is 0.495 e. The molecule has 0 unspecified atom stereocenters. The van der Waals surface area contributed by atoms with Crippen LogP contribution in [0.1, 0.15) is 15.9 Å². The first-order chi connectivity index (χ1) is 13.5. The molecule has 0 aromatic heterocycles. The Kier molecular flexibility index (Phi) is 6.08. The Morgan fingerprint density at radius 2 is 1.57 bits per heavy atom. The smallest absolute Gasteiger partial charge is 0.255 e. The second kappa shape index (κ2) is 8.69. The fourth-order valence-corrected chi connectivity index (χ4v) is 3.82. The minimum Gasteiger partial charge on any atom is -0.495 e. The summed E-state index contributed by atoms with van der Waals surface area (Å²) in [6, 6.07) is 22.4. The highest BCUT2D eigenvalue weighted by atomic mass is 32.2. The van der Waals surface area contributed by atoms with Crippen molar-refractivity contribution in [1.29, 1.82) is 0 Å². The van der Waals surface area contributed by atoms with Gasteiger partial charge in [0.15, 0.2) is 0 Å². The van der Waals surface area contributed by atoms with Gasteiger partial charge in [-0.2, -0.15) is 0 Å². The molecule has 0 atom stereocenters. The molecule has 144 valence electrons. The van der Waals surface area contributed by atoms with E-state index in [9.17, 15) is 13.2 Å². The third-order valence-electron chi connectivity index (χ3n) is 4.06. The Bertz CT molecular complexity index is 1050. The van der Waals surface area contributed by atoms with Crippen LogP contribution in [0.5, 0.6) is 5.75 Å². The number of ether oxygens (including phenoxy) is 1. The van der Waals surface area contributed by atoms with Crippen LogP contribution in [0.15, 0.2) is 83.8 Å². The van der Waals surface area contributed by atoms with Gasteiger partial charge >= 0.3 is 0 Å². The van der Waals surface area contributed by atoms with E-state index in [2.05, 4.69) is 10.0 Å². The van der Waals surface area contributed by atoms with E-state index in [1.807, 2.05) is 36.4 Å². The second-order valence-corrected chi connectivity index (χ2v) is 7.73. The van der Waals surface area contributed by atoms with Crippen LogP contribution in [-0.2, 0) is 16.6 Å². The number of hydrogen-bond donors (Lipinski definition) is 2. The molecule has 3 rings (SSSR count). The average Bonchev–Trinajstić information content (AvgIpc) is 2.73. The van der Waals surface area contributed by atoms with E-state index in [4.69, 9.17) is 4.74 Å². The second-order valence-electron chi connectivity index (χ2n) is 6.00. The van der Waals surface area contributed by atoms with Gasteiger partial charge < -0.3 is 10.1 Å². The van der Waals surface area contributed by atoms with Crippen molar-refractivity contribution in [3.63, 3.8) is 0 Å². The van der Waals surface area contributed by atoms with Gasteiger partial charge in [-0.05, 0) is 35.9 Å². The van der Waals surface area contributed by atoms with Crippen molar-refractivity contribution in [2.75, 3.05) is 12.4 Å². The third-order valence-corrected chi connectivity index (χ3v) is 5.48. The number of rotatable bonds is 7. The molecule has 0 aliphatic carbocycles. The molecule has 3 aromatic rings. The van der Waals surface area contributed by atoms with Gasteiger partial charge in [0.25, 0.3) is 5.91 Å². The zero-order chi connectivity index (χ0) is 20.0. The molecule has 0 heterocycles. The van der Waals surface area contributed by atoms with Crippen molar-refractivity contribution in [3.05, 3.63) is 90.0 Å². The summed E-state index contributed by atoms with van der Waals surface area (Å²) in [5.74, 6) is -0.245. The lowest BCUT2D eigenvalue weighted by atomic mass is 10.2. The summed E-state index contributed by atoms with van der Waals surface area (Å²) < 4.78 is 33.3. The standard InChI is InChI=1S/C21H20N2O4S/c1-27-19-13-12-17(21(24)23-18-10-6-3-7-11-18)14-20(19)28(25,26)22-15-16-8-4-2-5-9-16/h2-14,22H,15H2,1H3,(H,23,24). The molecule has 0 aliphatic rings. The monoisotopic (exact) mass is 396 g/mol. The lowest BCUT2D eigenvalue weighted by Crippen LogP contribution is -2.24. The summed E-state index contributed by atoms with van der Waals surface area (Å²) >= 11 is 0. The summed E-state index contributed by atoms with van der Waals surface area (Å²) in [5.41, 5.74) is 1.66. The molecule has 0 saturated heterocycles. The van der Waals surface area contributed by atoms with E-state index >= 15 is 0 Å². The number of sulfonamides is 1. The van der Waals surface area contributed by atoms with E-state index in [0.717, 1.165) is 5.56 Å². The molecule has 0 fully saturated rings. The molecule has 2 N–H and O–H groups in total. The van der Waals surface area contributed by atoms with Gasteiger partial charge in [0.05, 0.1) is 7.11 Å². The van der Waals surface area contributed by atoms with Crippen LogP contribution >= 0.6 is 0 Å². The van der Waals surface area contributed by atoms with Crippen molar-refractivity contribution < 1.29 is 17.9 Å². The molecule has 0 aliphatic heterocycles. The highest BCUT2D eigenvalue weighted by Crippen LogP contribution is 2.25. The van der Waals surface area contributed by atoms with Gasteiger partial charge in [0.1, 0.15) is 10.6 Å². The van der Waals surface area contributed by atoms with Crippen LogP contribution < -0.4 is 14.8 Å². The maximum absolute atomic E-state index is 12.8. The molecule has 1 amide bonds. The van der Waals surface area contributed by atoms with E-state index < -0.39 is 15.9 Å². The highest BCUT2D eigenvalue weighted by molar-refractivity contribution is 7.89. The van der Waals surface area contributed by atoms with Crippen molar-refractivity contribution >= 4 is 21.6 Å². The Morgan fingerprint density at radius 1 is 0.929 bits per heavy atom. The van der Waals surface area contributed by atoms with Crippen LogP contribution in [0.3, 0.4) is 0 Å². The summed E-state index contributed by atoms with van der Waals surface area (Å²) in [5, 5.41) is 2.74. The van der Waals surface area contributed by atoms with E-state index in [1.165, 1.54) is 25.3 Å². The topological polar surface area (TPSA) is 84.5 Å². The first-order valence-electron chi connectivity index (χ1n) is 8.57. The number of para-hydroxylation sites is 1. The predicted octanol–water partition coefficient (Wildman–Crippen LogP) is 3.43. The number of hydrogen-bond acceptors (Lipinski definition) is 4. The molecule has 0 saturated carbocycles. The number of benzene rings is 3. The molecule has 0 spiro atoms. The lowest BCUT2D eigenvalue weighted by Gasteiger charge is -2.13. The van der Waals surface area contributed by atoms with Gasteiger partial charge in [0.2, 0.25) is 10.0 Å². The van der Waals surface area contributed by atoms with Crippen LogP contribution in [0, 0.1) is 0 Å². The molecule has 0 bridgehead atoms. The van der Waals surface area contributed by atoms with Crippen LogP contribution in [-0.4, -0.2) is 21.4 Å². The van der Waals surface area contributed by atoms with Gasteiger partial charge in [-0.3, -0.25) is 4.79 Å². The zero-order valence-electron chi connectivity index (χ0n) is 15.3. The highest BCUT2D eigenvalue weighted by Gasteiger charge is 2.21. The maximum atomic E-state index is 12.8. The van der Waals surface area contributed by atoms with Gasteiger partial charge in [-0.15, -0.1) is 0 Å². The molecule has 7 heteroatoms. The maximum Gasteiger partial charge on any atom is 0.255 e. The predicted molar refractivity (Wildman–Crippen MR) is 108 cm³/mol. The molecule has 3 aromatic carbocycles. The minimum atomic E-state index is -3.89. The van der Waals surface area contributed by atoms with Gasteiger partial charge in [0, 0.05) is 17.8 Å². The molecule has 6 nitrogen and oxygen atoms in total. The van der Waals surface area contributed by atoms with Crippen molar-refractivity contribution in [2.45, 2.75) is 11.4 Å². The number of nitrogens with one attached hydrogen (secondary N) is 2. The fourth-order valence-electron chi connectivity index (χ4n) is 2.60. The van der Waals surface area contributed by atoms with Crippen molar-refractivity contribution in [3.8, 4) is 5.75 Å². The first kappa shape index (κ1) is 19.6. The Morgan fingerprint density at radius 3 is 2.21 bits per heavy atom. The summed E-state index contributed by atoms with van der Waals surface area (Å²) in [4.78, 5) is 12.4. The molecule has 0 radical (unpaired) electrons. The van der Waals surface area contributed by atoms with Crippen LogP contribution in [0.2, 0.25) is 0 Å². The summed E-state index contributed by atoms with van der Waals surface area (Å²) in [6.45, 7) is 0.132. The summed E-state index contributed by atoms with van der Waals surface area (Å²) in [6.07, 6.45) is 0. The number of carbonyl (C=O) groups excluding carboxylic acids is 1. The SMILES string of the molecule is COc1ccc(C(=O)Nc2ccccc2)cc1S(=O)(=O)NCc1ccccc1. The Labute approximate surface area is 164 Å². The molecule has 28 heavy (non-hydrogen) atoms. The van der Waals surface area contributed by atoms with E-state index in [-0.39, 0.29) is 22.8 Å². The Hall–Kier alpha value is -3.16. The Balaban J connectivity index is 1.84. The lowest BCUT2D eigenvalue weighted by molar-refractivity contribution is 0.102. The number of amides is 1. The van der Waals surface area contributed by atoms with Crippen LogP contribution in [0.4, 0.5) is 5.69 Å². The average molecular weight is 396 g/mol. The molecular weight excluding hydrogens is 376 g/mol. The number of carbonyl (C=O) groups is 1. The molecular formula is C21H20N2O4S. The number of anilines is 1.